The fourth-order valence-corrected chi connectivity index (χ4v) is 8.44. The third kappa shape index (κ3) is 7.35. The second kappa shape index (κ2) is 12.0. The molecular formula is C25H43ClN4O5S2. The Balaban J connectivity index is 0.00000380. The zero-order chi connectivity index (χ0) is 26.3. The summed E-state index contributed by atoms with van der Waals surface area (Å²) in [5.41, 5.74) is 5.10. The van der Waals surface area contributed by atoms with Crippen LogP contribution in [0.4, 0.5) is 0 Å². The van der Waals surface area contributed by atoms with Crippen LogP contribution in [0.5, 0.6) is 5.88 Å². The van der Waals surface area contributed by atoms with Crippen LogP contribution in [0.3, 0.4) is 0 Å². The van der Waals surface area contributed by atoms with E-state index < -0.39 is 15.4 Å². The van der Waals surface area contributed by atoms with Crippen molar-refractivity contribution in [2.45, 2.75) is 76.0 Å². The van der Waals surface area contributed by atoms with Crippen LogP contribution in [0.25, 0.3) is 0 Å². The molecule has 0 aliphatic heterocycles. The van der Waals surface area contributed by atoms with E-state index in [0.717, 1.165) is 11.8 Å². The quantitative estimate of drug-likeness (QED) is 0.359. The number of nitrogens with one attached hydrogen (secondary N) is 1. The van der Waals surface area contributed by atoms with Crippen molar-refractivity contribution in [2.75, 3.05) is 32.5 Å². The molecule has 212 valence electrons. The van der Waals surface area contributed by atoms with Crippen LogP contribution >= 0.6 is 24.2 Å². The maximum absolute atomic E-state index is 13.4. The van der Waals surface area contributed by atoms with E-state index in [-0.39, 0.29) is 67.5 Å². The lowest BCUT2D eigenvalue weighted by atomic mass is 9.54. The number of ether oxygens (including phenoxy) is 1. The highest BCUT2D eigenvalue weighted by Gasteiger charge is 2.49. The van der Waals surface area contributed by atoms with Gasteiger partial charge in [-0.05, 0) is 60.9 Å². The standard InChI is InChI=1S/C25H42N4O5S2.ClH/c1-15(2)35-22-21(23(30)27-20-18-9-16-8-17(11-18)12-19(20)10-16)34-28-24(22)33-14-25(3,4)13-29(7-6-26)36(5,31)32;/h15-20H,6-14,26H2,1-5H3,(H,27,30);1H. The molecule has 1 aromatic heterocycles. The topological polar surface area (TPSA) is 128 Å². The summed E-state index contributed by atoms with van der Waals surface area (Å²) in [5, 5.41) is 7.61. The summed E-state index contributed by atoms with van der Waals surface area (Å²) in [6, 6.07) is 0.208. The Bertz CT molecular complexity index is 1020. The van der Waals surface area contributed by atoms with Crippen molar-refractivity contribution in [1.82, 2.24) is 14.8 Å². The maximum Gasteiger partial charge on any atom is 0.291 e. The zero-order valence-corrected chi connectivity index (χ0v) is 25.0. The molecule has 9 nitrogen and oxygen atoms in total. The van der Waals surface area contributed by atoms with E-state index >= 15 is 0 Å². The summed E-state index contributed by atoms with van der Waals surface area (Å²) < 4.78 is 37.3. The Hall–Kier alpha value is -1.01. The predicted octanol–water partition coefficient (Wildman–Crippen LogP) is 3.78. The maximum atomic E-state index is 13.4. The first-order valence-corrected chi connectivity index (χ1v) is 15.8. The van der Waals surface area contributed by atoms with E-state index in [1.165, 1.54) is 54.4 Å². The van der Waals surface area contributed by atoms with Gasteiger partial charge in [0.05, 0.1) is 12.9 Å². The molecule has 4 saturated carbocycles. The lowest BCUT2D eigenvalue weighted by Crippen LogP contribution is -2.55. The monoisotopic (exact) mass is 578 g/mol. The average Bonchev–Trinajstić information content (AvgIpc) is 3.15. The highest BCUT2D eigenvalue weighted by atomic mass is 35.5. The first kappa shape index (κ1) is 30.5. The van der Waals surface area contributed by atoms with Crippen molar-refractivity contribution in [1.29, 1.82) is 0 Å². The molecule has 0 aromatic carbocycles. The molecule has 1 aromatic rings. The van der Waals surface area contributed by atoms with E-state index in [2.05, 4.69) is 10.5 Å². The molecule has 5 rings (SSSR count). The highest BCUT2D eigenvalue weighted by molar-refractivity contribution is 8.00. The number of sulfonamides is 1. The molecule has 4 fully saturated rings. The summed E-state index contributed by atoms with van der Waals surface area (Å²) in [5.74, 6) is 3.07. The SMILES string of the molecule is CC(C)Sc1c(OCC(C)(C)CN(CCN)S(C)(=O)=O)noc1C(=O)NC1C2CC3CC(C2)CC1C3.Cl. The van der Waals surface area contributed by atoms with Crippen LogP contribution < -0.4 is 15.8 Å². The van der Waals surface area contributed by atoms with Gasteiger partial charge in [-0.3, -0.25) is 4.79 Å². The average molecular weight is 579 g/mol. The molecule has 3 N–H and O–H groups in total. The Morgan fingerprint density at radius 2 is 1.81 bits per heavy atom. The minimum atomic E-state index is -3.39. The van der Waals surface area contributed by atoms with Crippen LogP contribution in [0.1, 0.15) is 70.4 Å². The number of nitrogens with zero attached hydrogens (tertiary/aromatic N) is 2. The number of rotatable bonds is 12. The van der Waals surface area contributed by atoms with Gasteiger partial charge in [-0.25, -0.2) is 12.7 Å². The number of carbonyl (C=O) groups is 1. The molecule has 0 saturated heterocycles. The number of amides is 1. The second-order valence-corrected chi connectivity index (χ2v) is 15.6. The van der Waals surface area contributed by atoms with Gasteiger partial charge in [0.15, 0.2) is 0 Å². The molecule has 1 amide bonds. The van der Waals surface area contributed by atoms with Crippen molar-refractivity contribution in [3.63, 3.8) is 0 Å². The molecule has 0 unspecified atom stereocenters. The van der Waals surface area contributed by atoms with Gasteiger partial charge in [0.25, 0.3) is 11.8 Å². The summed E-state index contributed by atoms with van der Waals surface area (Å²) in [6.07, 6.45) is 7.44. The van der Waals surface area contributed by atoms with Gasteiger partial charge in [-0.1, -0.05) is 27.7 Å². The number of thioether (sulfide) groups is 1. The Morgan fingerprint density at radius 3 is 2.32 bits per heavy atom. The fourth-order valence-electron chi connectivity index (χ4n) is 6.51. The Labute approximate surface area is 231 Å². The van der Waals surface area contributed by atoms with Gasteiger partial charge < -0.3 is 20.3 Å². The van der Waals surface area contributed by atoms with Crippen LogP contribution in [-0.4, -0.2) is 67.6 Å². The molecule has 4 aliphatic carbocycles. The van der Waals surface area contributed by atoms with E-state index in [9.17, 15) is 13.2 Å². The van der Waals surface area contributed by atoms with Gasteiger partial charge in [-0.15, -0.1) is 24.2 Å². The summed E-state index contributed by atoms with van der Waals surface area (Å²) in [7, 11) is -3.39. The number of carbonyl (C=O) groups excluding carboxylic acids is 1. The molecule has 37 heavy (non-hydrogen) atoms. The molecule has 4 bridgehead atoms. The van der Waals surface area contributed by atoms with Crippen molar-refractivity contribution in [3.05, 3.63) is 5.76 Å². The minimum Gasteiger partial charge on any atom is -0.474 e. The normalized spacial score (nSPS) is 27.0. The molecule has 0 atom stereocenters. The largest absolute Gasteiger partial charge is 0.474 e. The zero-order valence-electron chi connectivity index (χ0n) is 22.6. The van der Waals surface area contributed by atoms with Crippen LogP contribution in [0, 0.1) is 29.1 Å². The highest BCUT2D eigenvalue weighted by Crippen LogP contribution is 2.53. The summed E-state index contributed by atoms with van der Waals surface area (Å²) in [4.78, 5) is 14.0. The number of hydrogen-bond donors (Lipinski definition) is 2. The Kier molecular flexibility index (Phi) is 9.92. The van der Waals surface area contributed by atoms with E-state index in [1.807, 2.05) is 27.7 Å². The second-order valence-electron chi connectivity index (χ2n) is 12.1. The smallest absolute Gasteiger partial charge is 0.291 e. The Morgan fingerprint density at radius 1 is 1.22 bits per heavy atom. The number of hydrogen-bond acceptors (Lipinski definition) is 8. The fraction of sp³-hybridized carbons (Fsp3) is 0.840. The number of nitrogens with two attached hydrogens (primary N) is 1. The number of aromatic nitrogens is 1. The molecule has 1 heterocycles. The van der Waals surface area contributed by atoms with Crippen molar-refractivity contribution >= 4 is 40.1 Å². The van der Waals surface area contributed by atoms with E-state index in [4.69, 9.17) is 15.0 Å². The van der Waals surface area contributed by atoms with Crippen molar-refractivity contribution in [3.8, 4) is 5.88 Å². The predicted molar refractivity (Wildman–Crippen MR) is 148 cm³/mol. The first-order valence-electron chi connectivity index (χ1n) is 13.1. The molecule has 4 aliphatic rings. The summed E-state index contributed by atoms with van der Waals surface area (Å²) in [6.45, 7) is 8.89. The third-order valence-corrected chi connectivity index (χ3v) is 10.1. The van der Waals surface area contributed by atoms with Crippen molar-refractivity contribution < 1.29 is 22.5 Å². The van der Waals surface area contributed by atoms with Gasteiger partial charge in [0.2, 0.25) is 15.8 Å². The first-order chi connectivity index (χ1) is 16.9. The molecule has 0 spiro atoms. The van der Waals surface area contributed by atoms with Crippen LogP contribution in [-0.2, 0) is 10.0 Å². The number of halogens is 1. The van der Waals surface area contributed by atoms with Gasteiger partial charge in [0, 0.05) is 36.3 Å². The third-order valence-electron chi connectivity index (χ3n) is 7.76. The lowest BCUT2D eigenvalue weighted by molar-refractivity contribution is -0.0124. The molecular weight excluding hydrogens is 536 g/mol. The van der Waals surface area contributed by atoms with Gasteiger partial charge in [-0.2, -0.15) is 0 Å². The van der Waals surface area contributed by atoms with Crippen molar-refractivity contribution in [2.24, 2.45) is 34.8 Å². The molecule has 12 heteroatoms. The van der Waals surface area contributed by atoms with E-state index in [0.29, 0.717) is 16.7 Å². The minimum absolute atomic E-state index is 0. The van der Waals surface area contributed by atoms with Gasteiger partial charge in [0.1, 0.15) is 4.90 Å². The lowest BCUT2D eigenvalue weighted by Gasteiger charge is -2.54. The molecule has 0 radical (unpaired) electrons. The van der Waals surface area contributed by atoms with E-state index in [1.54, 1.807) is 0 Å². The van der Waals surface area contributed by atoms with Crippen LogP contribution in [0.2, 0.25) is 0 Å². The van der Waals surface area contributed by atoms with Crippen LogP contribution in [0.15, 0.2) is 9.42 Å². The van der Waals surface area contributed by atoms with Gasteiger partial charge >= 0.3 is 0 Å². The summed E-state index contributed by atoms with van der Waals surface area (Å²) >= 11 is 1.49.